The van der Waals surface area contributed by atoms with Gasteiger partial charge in [0.05, 0.1) is 31.4 Å². The van der Waals surface area contributed by atoms with Crippen molar-refractivity contribution in [2.75, 3.05) is 13.7 Å². The van der Waals surface area contributed by atoms with E-state index < -0.39 is 29.6 Å². The summed E-state index contributed by atoms with van der Waals surface area (Å²) in [5.41, 5.74) is 0.841. The largest absolute Gasteiger partial charge is 0.467 e. The van der Waals surface area contributed by atoms with Crippen LogP contribution in [0.25, 0.3) is 0 Å². The first-order valence-corrected chi connectivity index (χ1v) is 7.56. The molecule has 2 rings (SSSR count). The number of hydrogen-bond acceptors (Lipinski definition) is 6. The summed E-state index contributed by atoms with van der Waals surface area (Å²) in [7, 11) is 1.27. The molecule has 1 aliphatic rings. The first kappa shape index (κ1) is 17.8. The molecule has 0 aromatic carbocycles. The second-order valence-electron chi connectivity index (χ2n) is 6.45. The Bertz CT molecular complexity index is 634. The van der Waals surface area contributed by atoms with Crippen LogP contribution in [0, 0.1) is 0 Å². The standard InChI is InChI=1S/C15H22N4O5/c1-15(2,3)24-14(22)16-6-12(20)19-7-10-9(17-8-18-10)5-11(19)13(21)23-4/h8,11H,5-7H2,1-4H3,(H,16,22)(H,17,18). The van der Waals surface area contributed by atoms with E-state index >= 15 is 0 Å². The molecule has 0 saturated heterocycles. The summed E-state index contributed by atoms with van der Waals surface area (Å²) in [6.07, 6.45) is 1.10. The van der Waals surface area contributed by atoms with Gasteiger partial charge in [-0.1, -0.05) is 0 Å². The maximum absolute atomic E-state index is 12.4. The molecule has 2 heterocycles. The molecule has 0 bridgehead atoms. The number of alkyl carbamates (subject to hydrolysis) is 1. The molecule has 0 fully saturated rings. The molecule has 1 atom stereocenters. The Morgan fingerprint density at radius 2 is 2.12 bits per heavy atom. The smallest absolute Gasteiger partial charge is 0.408 e. The van der Waals surface area contributed by atoms with Gasteiger partial charge in [-0.3, -0.25) is 4.79 Å². The molecule has 0 spiro atoms. The average molecular weight is 338 g/mol. The number of esters is 1. The molecule has 1 aromatic heterocycles. The van der Waals surface area contributed by atoms with Gasteiger partial charge in [0.25, 0.3) is 0 Å². The van der Waals surface area contributed by atoms with Crippen molar-refractivity contribution < 1.29 is 23.9 Å². The van der Waals surface area contributed by atoms with Gasteiger partial charge in [-0.25, -0.2) is 14.6 Å². The monoisotopic (exact) mass is 338 g/mol. The van der Waals surface area contributed by atoms with Crippen LogP contribution >= 0.6 is 0 Å². The van der Waals surface area contributed by atoms with E-state index in [2.05, 4.69) is 15.3 Å². The van der Waals surface area contributed by atoms with Crippen molar-refractivity contribution in [3.05, 3.63) is 17.7 Å². The summed E-state index contributed by atoms with van der Waals surface area (Å²) < 4.78 is 9.86. The Morgan fingerprint density at radius 1 is 1.42 bits per heavy atom. The van der Waals surface area contributed by atoms with Gasteiger partial charge in [0.1, 0.15) is 18.2 Å². The lowest BCUT2D eigenvalue weighted by molar-refractivity contribution is -0.153. The van der Waals surface area contributed by atoms with Crippen molar-refractivity contribution >= 4 is 18.0 Å². The zero-order valence-electron chi connectivity index (χ0n) is 14.2. The highest BCUT2D eigenvalue weighted by Gasteiger charge is 2.36. The van der Waals surface area contributed by atoms with Crippen molar-refractivity contribution in [1.82, 2.24) is 20.2 Å². The minimum Gasteiger partial charge on any atom is -0.467 e. The van der Waals surface area contributed by atoms with Crippen LogP contribution in [0.4, 0.5) is 4.79 Å². The van der Waals surface area contributed by atoms with Gasteiger partial charge in [0.2, 0.25) is 5.91 Å². The first-order chi connectivity index (χ1) is 11.2. The van der Waals surface area contributed by atoms with Gasteiger partial charge >= 0.3 is 12.1 Å². The fraction of sp³-hybridized carbons (Fsp3) is 0.600. The number of nitrogens with one attached hydrogen (secondary N) is 2. The van der Waals surface area contributed by atoms with Gasteiger partial charge in [0.15, 0.2) is 0 Å². The van der Waals surface area contributed by atoms with Crippen molar-refractivity contribution in [3.8, 4) is 0 Å². The van der Waals surface area contributed by atoms with Crippen LogP contribution < -0.4 is 5.32 Å². The highest BCUT2D eigenvalue weighted by Crippen LogP contribution is 2.21. The molecule has 1 aromatic rings. The van der Waals surface area contributed by atoms with Gasteiger partial charge in [-0.2, -0.15) is 0 Å². The van der Waals surface area contributed by atoms with E-state index in [1.807, 2.05) is 0 Å². The third kappa shape index (κ3) is 4.24. The molecule has 1 aliphatic heterocycles. The summed E-state index contributed by atoms with van der Waals surface area (Å²) in [5.74, 6) is -0.925. The molecule has 132 valence electrons. The fourth-order valence-corrected chi connectivity index (χ4v) is 2.41. The third-order valence-corrected chi connectivity index (χ3v) is 3.48. The Labute approximate surface area is 139 Å². The number of carbonyl (C=O) groups is 3. The SMILES string of the molecule is COC(=O)C1Cc2nc[nH]c2CN1C(=O)CNC(=O)OC(C)(C)C. The van der Waals surface area contributed by atoms with Crippen LogP contribution in [0.3, 0.4) is 0 Å². The van der Waals surface area contributed by atoms with Gasteiger partial charge in [-0.05, 0) is 20.8 Å². The van der Waals surface area contributed by atoms with Crippen LogP contribution in [0.1, 0.15) is 32.2 Å². The number of imidazole rings is 1. The van der Waals surface area contributed by atoms with Crippen LogP contribution in [-0.2, 0) is 32.0 Å². The van der Waals surface area contributed by atoms with E-state index in [0.717, 1.165) is 11.4 Å². The number of H-pyrrole nitrogens is 1. The number of amides is 2. The molecule has 9 nitrogen and oxygen atoms in total. The molecule has 24 heavy (non-hydrogen) atoms. The number of methoxy groups -OCH3 is 1. The van der Waals surface area contributed by atoms with Crippen molar-refractivity contribution in [3.63, 3.8) is 0 Å². The molecule has 2 amide bonds. The summed E-state index contributed by atoms with van der Waals surface area (Å²) in [6.45, 7) is 5.11. The normalized spacial score (nSPS) is 17.0. The molecular weight excluding hydrogens is 316 g/mol. The average Bonchev–Trinajstić information content (AvgIpc) is 2.96. The maximum Gasteiger partial charge on any atom is 0.408 e. The van der Waals surface area contributed by atoms with Crippen molar-refractivity contribution in [2.24, 2.45) is 0 Å². The quantitative estimate of drug-likeness (QED) is 0.769. The molecule has 9 heteroatoms. The number of aromatic amines is 1. The number of hydrogen-bond donors (Lipinski definition) is 2. The van der Waals surface area contributed by atoms with Gasteiger partial charge < -0.3 is 24.7 Å². The second kappa shape index (κ2) is 6.90. The Morgan fingerprint density at radius 3 is 2.75 bits per heavy atom. The number of fused-ring (bicyclic) bond motifs is 1. The molecule has 0 saturated carbocycles. The lowest BCUT2D eigenvalue weighted by Gasteiger charge is -2.33. The molecule has 0 aliphatic carbocycles. The Balaban J connectivity index is 2.03. The minimum absolute atomic E-state index is 0.198. The lowest BCUT2D eigenvalue weighted by Crippen LogP contribution is -2.52. The third-order valence-electron chi connectivity index (χ3n) is 3.48. The maximum atomic E-state index is 12.4. The van der Waals surface area contributed by atoms with Crippen molar-refractivity contribution in [1.29, 1.82) is 0 Å². The van der Waals surface area contributed by atoms with Gasteiger partial charge in [-0.15, -0.1) is 0 Å². The zero-order chi connectivity index (χ0) is 17.9. The first-order valence-electron chi connectivity index (χ1n) is 7.56. The number of aromatic nitrogens is 2. The Kier molecular flexibility index (Phi) is 5.10. The van der Waals surface area contributed by atoms with Crippen LogP contribution in [0.5, 0.6) is 0 Å². The van der Waals surface area contributed by atoms with E-state index in [1.165, 1.54) is 18.3 Å². The predicted molar refractivity (Wildman–Crippen MR) is 82.9 cm³/mol. The van der Waals surface area contributed by atoms with Crippen molar-refractivity contribution in [2.45, 2.75) is 45.4 Å². The summed E-state index contributed by atoms with van der Waals surface area (Å²) >= 11 is 0. The van der Waals surface area contributed by atoms with Crippen LogP contribution in [0.2, 0.25) is 0 Å². The van der Waals surface area contributed by atoms with E-state index in [-0.39, 0.29) is 19.5 Å². The highest BCUT2D eigenvalue weighted by molar-refractivity contribution is 5.87. The molecule has 1 unspecified atom stereocenters. The van der Waals surface area contributed by atoms with Crippen LogP contribution in [-0.4, -0.2) is 58.1 Å². The highest BCUT2D eigenvalue weighted by atomic mass is 16.6. The number of nitrogens with zero attached hydrogens (tertiary/aromatic N) is 2. The summed E-state index contributed by atoms with van der Waals surface area (Å²) in [4.78, 5) is 44.5. The van der Waals surface area contributed by atoms with E-state index in [9.17, 15) is 14.4 Å². The number of ether oxygens (including phenoxy) is 2. The topological polar surface area (TPSA) is 114 Å². The lowest BCUT2D eigenvalue weighted by atomic mass is 10.0. The zero-order valence-corrected chi connectivity index (χ0v) is 14.2. The fourth-order valence-electron chi connectivity index (χ4n) is 2.41. The molecule has 2 N–H and O–H groups in total. The second-order valence-corrected chi connectivity index (χ2v) is 6.45. The minimum atomic E-state index is -0.765. The Hall–Kier alpha value is -2.58. The number of carbonyl (C=O) groups excluding carboxylic acids is 3. The van der Waals surface area contributed by atoms with Gasteiger partial charge in [0, 0.05) is 6.42 Å². The van der Waals surface area contributed by atoms with E-state index in [0.29, 0.717) is 0 Å². The summed E-state index contributed by atoms with van der Waals surface area (Å²) in [6, 6.07) is -0.765. The van der Waals surface area contributed by atoms with E-state index in [4.69, 9.17) is 9.47 Å². The molecular formula is C15H22N4O5. The van der Waals surface area contributed by atoms with E-state index in [1.54, 1.807) is 20.8 Å². The number of rotatable bonds is 3. The summed E-state index contributed by atoms with van der Waals surface area (Å²) in [5, 5.41) is 2.40. The molecule has 0 radical (unpaired) electrons. The van der Waals surface area contributed by atoms with Crippen LogP contribution in [0.15, 0.2) is 6.33 Å². The predicted octanol–water partition coefficient (Wildman–Crippen LogP) is 0.361.